The van der Waals surface area contributed by atoms with E-state index in [0.717, 1.165) is 13.8 Å². The molecule has 22 heavy (non-hydrogen) atoms. The maximum absolute atomic E-state index is 11.2. The molecule has 9 nitrogen and oxygen atoms in total. The number of aliphatic hydroxyl groups is 1. The lowest BCUT2D eigenvalue weighted by atomic mass is 9.98. The molecule has 0 aromatic heterocycles. The Morgan fingerprint density at radius 1 is 1.00 bits per heavy atom. The summed E-state index contributed by atoms with van der Waals surface area (Å²) in [7, 11) is 1.30. The molecule has 1 aliphatic heterocycles. The van der Waals surface area contributed by atoms with Crippen molar-refractivity contribution in [3.8, 4) is 0 Å². The SMILES string of the molecule is CO[C@H]1O[C@H](COC(C)=O)[C@H](O)[C@@H](OC(C)=O)[C@@H]1OC(C)=O. The Kier molecular flexibility index (Phi) is 6.72. The summed E-state index contributed by atoms with van der Waals surface area (Å²) in [6.45, 7) is 3.25. The normalized spacial score (nSPS) is 31.2. The molecule has 126 valence electrons. The van der Waals surface area contributed by atoms with Crippen LogP contribution < -0.4 is 0 Å². The zero-order chi connectivity index (χ0) is 16.9. The summed E-state index contributed by atoms with van der Waals surface area (Å²) in [5.41, 5.74) is 0. The smallest absolute Gasteiger partial charge is 0.303 e. The van der Waals surface area contributed by atoms with Crippen molar-refractivity contribution in [3.05, 3.63) is 0 Å². The van der Waals surface area contributed by atoms with Crippen LogP contribution in [-0.4, -0.2) is 67.4 Å². The summed E-state index contributed by atoms with van der Waals surface area (Å²) < 4.78 is 25.3. The van der Waals surface area contributed by atoms with E-state index in [9.17, 15) is 19.5 Å². The molecule has 1 rings (SSSR count). The fourth-order valence-electron chi connectivity index (χ4n) is 2.06. The molecule has 0 bridgehead atoms. The Morgan fingerprint density at radius 2 is 1.55 bits per heavy atom. The van der Waals surface area contributed by atoms with Crippen LogP contribution in [0.2, 0.25) is 0 Å². The third kappa shape index (κ3) is 4.93. The van der Waals surface area contributed by atoms with Gasteiger partial charge in [0.05, 0.1) is 0 Å². The lowest BCUT2D eigenvalue weighted by Crippen LogP contribution is -2.61. The summed E-state index contributed by atoms with van der Waals surface area (Å²) in [5.74, 6) is -1.89. The van der Waals surface area contributed by atoms with E-state index in [2.05, 4.69) is 0 Å². The number of ether oxygens (including phenoxy) is 5. The molecule has 1 fully saturated rings. The molecular formula is C13H20O9. The van der Waals surface area contributed by atoms with E-state index in [1.165, 1.54) is 14.0 Å². The highest BCUT2D eigenvalue weighted by Gasteiger charge is 2.49. The van der Waals surface area contributed by atoms with Gasteiger partial charge in [0.25, 0.3) is 0 Å². The van der Waals surface area contributed by atoms with Crippen molar-refractivity contribution in [1.29, 1.82) is 0 Å². The van der Waals surface area contributed by atoms with Crippen molar-refractivity contribution < 1.29 is 43.2 Å². The quantitative estimate of drug-likeness (QED) is 0.510. The van der Waals surface area contributed by atoms with Crippen LogP contribution in [0.25, 0.3) is 0 Å². The number of hydrogen-bond donors (Lipinski definition) is 1. The van der Waals surface area contributed by atoms with Gasteiger partial charge in [-0.05, 0) is 0 Å². The third-order valence-corrected chi connectivity index (χ3v) is 2.91. The molecule has 0 radical (unpaired) electrons. The molecule has 0 amide bonds. The fourth-order valence-corrected chi connectivity index (χ4v) is 2.06. The standard InChI is InChI=1S/C13H20O9/c1-6(14)19-5-9-10(17)11(20-7(2)15)12(21-8(3)16)13(18-4)22-9/h9-13,17H,5H2,1-4H3/t9-,10+,11-,12+,13+/m1/s1. The summed E-state index contributed by atoms with van der Waals surface area (Å²) in [6, 6.07) is 0. The van der Waals surface area contributed by atoms with Gasteiger partial charge in [0.1, 0.15) is 18.8 Å². The number of aliphatic hydroxyl groups excluding tert-OH is 1. The first kappa shape index (κ1) is 18.3. The van der Waals surface area contributed by atoms with E-state index in [1.807, 2.05) is 0 Å². The molecule has 0 aromatic carbocycles. The molecule has 1 heterocycles. The Hall–Kier alpha value is -1.71. The van der Waals surface area contributed by atoms with E-state index in [1.54, 1.807) is 0 Å². The first-order valence-electron chi connectivity index (χ1n) is 6.60. The Labute approximate surface area is 127 Å². The highest BCUT2D eigenvalue weighted by Crippen LogP contribution is 2.27. The van der Waals surface area contributed by atoms with E-state index >= 15 is 0 Å². The average Bonchev–Trinajstić information content (AvgIpc) is 2.41. The average molecular weight is 320 g/mol. The molecular weight excluding hydrogens is 300 g/mol. The van der Waals surface area contributed by atoms with Crippen molar-refractivity contribution in [1.82, 2.24) is 0 Å². The van der Waals surface area contributed by atoms with Crippen LogP contribution in [0.5, 0.6) is 0 Å². The van der Waals surface area contributed by atoms with Crippen LogP contribution in [0.15, 0.2) is 0 Å². The summed E-state index contributed by atoms with van der Waals surface area (Å²) >= 11 is 0. The van der Waals surface area contributed by atoms with Crippen LogP contribution in [0.3, 0.4) is 0 Å². The molecule has 1 aliphatic rings. The van der Waals surface area contributed by atoms with Gasteiger partial charge in [-0.3, -0.25) is 14.4 Å². The van der Waals surface area contributed by atoms with Crippen molar-refractivity contribution in [2.45, 2.75) is 51.5 Å². The lowest BCUT2D eigenvalue weighted by Gasteiger charge is -2.42. The first-order chi connectivity index (χ1) is 10.3. The van der Waals surface area contributed by atoms with Crippen LogP contribution in [0.1, 0.15) is 20.8 Å². The molecule has 0 aliphatic carbocycles. The largest absolute Gasteiger partial charge is 0.463 e. The van der Waals surface area contributed by atoms with Crippen molar-refractivity contribution in [2.24, 2.45) is 0 Å². The van der Waals surface area contributed by atoms with E-state index in [4.69, 9.17) is 23.7 Å². The summed E-state index contributed by atoms with van der Waals surface area (Å²) in [5, 5.41) is 10.2. The molecule has 0 spiro atoms. The highest BCUT2D eigenvalue weighted by atomic mass is 16.7. The zero-order valence-corrected chi connectivity index (χ0v) is 12.8. The van der Waals surface area contributed by atoms with E-state index < -0.39 is 48.6 Å². The molecule has 1 saturated heterocycles. The van der Waals surface area contributed by atoms with Gasteiger partial charge < -0.3 is 28.8 Å². The van der Waals surface area contributed by atoms with E-state index in [0.29, 0.717) is 0 Å². The Balaban J connectivity index is 2.95. The van der Waals surface area contributed by atoms with Gasteiger partial charge in [-0.2, -0.15) is 0 Å². The maximum Gasteiger partial charge on any atom is 0.303 e. The Morgan fingerprint density at radius 3 is 2.00 bits per heavy atom. The van der Waals surface area contributed by atoms with Gasteiger partial charge >= 0.3 is 17.9 Å². The molecule has 0 aromatic rings. The molecule has 0 saturated carbocycles. The van der Waals surface area contributed by atoms with Gasteiger partial charge in [0.2, 0.25) is 0 Å². The van der Waals surface area contributed by atoms with Crippen LogP contribution in [0.4, 0.5) is 0 Å². The van der Waals surface area contributed by atoms with Gasteiger partial charge in [-0.15, -0.1) is 0 Å². The monoisotopic (exact) mass is 320 g/mol. The summed E-state index contributed by atoms with van der Waals surface area (Å²) in [4.78, 5) is 33.3. The number of methoxy groups -OCH3 is 1. The predicted molar refractivity (Wildman–Crippen MR) is 69.4 cm³/mol. The van der Waals surface area contributed by atoms with Gasteiger partial charge in [-0.25, -0.2) is 0 Å². The number of rotatable bonds is 5. The van der Waals surface area contributed by atoms with Gasteiger partial charge in [0, 0.05) is 27.9 Å². The first-order valence-corrected chi connectivity index (χ1v) is 6.60. The number of carbonyl (C=O) groups is 3. The predicted octanol–water partition coefficient (Wildman–Crippen LogP) is -0.855. The molecule has 5 atom stereocenters. The zero-order valence-electron chi connectivity index (χ0n) is 12.8. The fraction of sp³-hybridized carbons (Fsp3) is 0.769. The minimum absolute atomic E-state index is 0.263. The molecule has 9 heteroatoms. The second-order valence-electron chi connectivity index (χ2n) is 4.72. The van der Waals surface area contributed by atoms with Crippen LogP contribution >= 0.6 is 0 Å². The van der Waals surface area contributed by atoms with E-state index in [-0.39, 0.29) is 6.61 Å². The minimum atomic E-state index is -1.36. The van der Waals surface area contributed by atoms with Crippen LogP contribution in [-0.2, 0) is 38.1 Å². The minimum Gasteiger partial charge on any atom is -0.463 e. The Bertz CT molecular complexity index is 422. The third-order valence-electron chi connectivity index (χ3n) is 2.91. The van der Waals surface area contributed by atoms with Crippen molar-refractivity contribution in [3.63, 3.8) is 0 Å². The number of carbonyl (C=O) groups excluding carboxylic acids is 3. The van der Waals surface area contributed by atoms with Crippen LogP contribution in [0, 0.1) is 0 Å². The number of hydrogen-bond acceptors (Lipinski definition) is 9. The van der Waals surface area contributed by atoms with Gasteiger partial charge in [-0.1, -0.05) is 0 Å². The maximum atomic E-state index is 11.2. The summed E-state index contributed by atoms with van der Waals surface area (Å²) in [6.07, 6.45) is -5.79. The topological polar surface area (TPSA) is 118 Å². The van der Waals surface area contributed by atoms with Gasteiger partial charge in [0.15, 0.2) is 18.5 Å². The number of esters is 3. The van der Waals surface area contributed by atoms with Crippen molar-refractivity contribution in [2.75, 3.05) is 13.7 Å². The van der Waals surface area contributed by atoms with Crippen molar-refractivity contribution >= 4 is 17.9 Å². The molecule has 1 N–H and O–H groups in total. The lowest BCUT2D eigenvalue weighted by molar-refractivity contribution is -0.300. The molecule has 0 unspecified atom stereocenters. The second-order valence-corrected chi connectivity index (χ2v) is 4.72. The highest BCUT2D eigenvalue weighted by molar-refractivity contribution is 5.67. The second kappa shape index (κ2) is 8.06.